The molecule has 0 aliphatic heterocycles. The molecule has 1 N–H and O–H groups in total. The van der Waals surface area contributed by atoms with Gasteiger partial charge in [-0.25, -0.2) is 13.1 Å². The van der Waals surface area contributed by atoms with Gasteiger partial charge in [0, 0.05) is 5.02 Å². The summed E-state index contributed by atoms with van der Waals surface area (Å²) in [6.45, 7) is 1.77. The number of hydrogen-bond acceptors (Lipinski definition) is 5. The summed E-state index contributed by atoms with van der Waals surface area (Å²) in [5.74, 6) is -2.21. The van der Waals surface area contributed by atoms with Crippen LogP contribution in [0.4, 0.5) is 4.39 Å². The minimum Gasteiger partial charge on any atom is -0.493 e. The van der Waals surface area contributed by atoms with Crippen LogP contribution in [0.2, 0.25) is 5.02 Å². The zero-order chi connectivity index (χ0) is 18.8. The predicted molar refractivity (Wildman–Crippen MR) is 91.5 cm³/mol. The molecule has 0 saturated carbocycles. The fourth-order valence-corrected chi connectivity index (χ4v) is 2.59. The Morgan fingerprint density at radius 3 is 2.48 bits per heavy atom. The number of benzene rings is 2. The molecule has 134 valence electrons. The van der Waals surface area contributed by atoms with Crippen LogP contribution in [0.25, 0.3) is 0 Å². The van der Waals surface area contributed by atoms with Gasteiger partial charge in [0.15, 0.2) is 11.5 Å². The van der Waals surface area contributed by atoms with Crippen LogP contribution in [-0.4, -0.2) is 27.7 Å². The maximum atomic E-state index is 14.6. The summed E-state index contributed by atoms with van der Waals surface area (Å²) in [5.41, 5.74) is 0.473. The number of nitrogens with one attached hydrogen (secondary N) is 1. The number of amides is 1. The molecule has 25 heavy (non-hydrogen) atoms. The Hall–Kier alpha value is -2.32. The van der Waals surface area contributed by atoms with E-state index in [0.29, 0.717) is 10.8 Å². The molecule has 2 aromatic rings. The lowest BCUT2D eigenvalue weighted by atomic mass is 10.1. The average Bonchev–Trinajstić information content (AvgIpc) is 2.51. The highest BCUT2D eigenvalue weighted by atomic mass is 35.5. The van der Waals surface area contributed by atoms with Crippen LogP contribution < -0.4 is 14.2 Å². The molecule has 2 aromatic carbocycles. The number of hydrogen-bond donors (Lipinski definition) is 1. The van der Waals surface area contributed by atoms with Gasteiger partial charge in [0.05, 0.1) is 18.9 Å². The smallest absolute Gasteiger partial charge is 0.268 e. The van der Waals surface area contributed by atoms with Crippen LogP contribution in [0, 0.1) is 12.7 Å². The number of methoxy groups -OCH3 is 1. The molecule has 0 aliphatic carbocycles. The lowest BCUT2D eigenvalue weighted by Gasteiger charge is -2.13. The number of aryl methyl sites for hydroxylation is 1. The van der Waals surface area contributed by atoms with Gasteiger partial charge in [-0.15, -0.1) is 0 Å². The summed E-state index contributed by atoms with van der Waals surface area (Å²) < 4.78 is 49.0. The van der Waals surface area contributed by atoms with Gasteiger partial charge in [0.1, 0.15) is 5.75 Å². The van der Waals surface area contributed by atoms with Crippen molar-refractivity contribution in [2.24, 2.45) is 0 Å². The van der Waals surface area contributed by atoms with E-state index in [4.69, 9.17) is 21.1 Å². The summed E-state index contributed by atoms with van der Waals surface area (Å²) in [7, 11) is -2.64. The molecule has 0 atom stereocenters. The number of sulfonamides is 1. The highest BCUT2D eigenvalue weighted by Crippen LogP contribution is 2.34. The minimum absolute atomic E-state index is 0.186. The second kappa shape index (κ2) is 7.28. The zero-order valence-corrected chi connectivity index (χ0v) is 15.2. The molecular formula is C16H15ClFNO5S. The van der Waals surface area contributed by atoms with Crippen LogP contribution in [0.5, 0.6) is 17.2 Å². The molecule has 0 unspecified atom stereocenters. The third-order valence-corrected chi connectivity index (χ3v) is 4.13. The van der Waals surface area contributed by atoms with Gasteiger partial charge in [-0.2, -0.15) is 4.39 Å². The first kappa shape index (κ1) is 19.0. The van der Waals surface area contributed by atoms with E-state index in [1.807, 2.05) is 0 Å². The Morgan fingerprint density at radius 2 is 1.92 bits per heavy atom. The largest absolute Gasteiger partial charge is 0.493 e. The predicted octanol–water partition coefficient (Wildman–Crippen LogP) is 3.28. The second-order valence-corrected chi connectivity index (χ2v) is 7.33. The Morgan fingerprint density at radius 1 is 1.24 bits per heavy atom. The van der Waals surface area contributed by atoms with E-state index < -0.39 is 27.5 Å². The van der Waals surface area contributed by atoms with Crippen molar-refractivity contribution >= 4 is 27.5 Å². The lowest BCUT2D eigenvalue weighted by Crippen LogP contribution is -2.29. The van der Waals surface area contributed by atoms with Crippen molar-refractivity contribution in [2.75, 3.05) is 13.4 Å². The first-order valence-corrected chi connectivity index (χ1v) is 9.22. The topological polar surface area (TPSA) is 81.7 Å². The third kappa shape index (κ3) is 4.61. The molecule has 6 nitrogen and oxygen atoms in total. The van der Waals surface area contributed by atoms with Crippen molar-refractivity contribution in [2.45, 2.75) is 6.92 Å². The van der Waals surface area contributed by atoms with E-state index in [1.54, 1.807) is 29.8 Å². The van der Waals surface area contributed by atoms with Crippen LogP contribution in [-0.2, 0) is 10.0 Å². The highest BCUT2D eigenvalue weighted by Gasteiger charge is 2.22. The maximum absolute atomic E-state index is 14.6. The highest BCUT2D eigenvalue weighted by molar-refractivity contribution is 7.89. The van der Waals surface area contributed by atoms with Gasteiger partial charge in [0.25, 0.3) is 5.91 Å². The zero-order valence-electron chi connectivity index (χ0n) is 13.6. The Balaban J connectivity index is 2.39. The van der Waals surface area contributed by atoms with E-state index in [9.17, 15) is 17.6 Å². The van der Waals surface area contributed by atoms with E-state index >= 15 is 0 Å². The van der Waals surface area contributed by atoms with Gasteiger partial charge in [-0.3, -0.25) is 4.79 Å². The third-order valence-electron chi connectivity index (χ3n) is 3.15. The molecule has 9 heteroatoms. The van der Waals surface area contributed by atoms with E-state index in [0.717, 1.165) is 18.9 Å². The van der Waals surface area contributed by atoms with Crippen molar-refractivity contribution < 1.29 is 27.1 Å². The SMILES string of the molecule is COc1c(C(=O)NS(C)(=O)=O)ccc(Oc2ccc(Cl)c(C)c2)c1F. The molecule has 0 radical (unpaired) electrons. The fraction of sp³-hybridized carbons (Fsp3) is 0.188. The fourth-order valence-electron chi connectivity index (χ4n) is 2.03. The van der Waals surface area contributed by atoms with Crippen LogP contribution in [0.15, 0.2) is 30.3 Å². The van der Waals surface area contributed by atoms with Crippen molar-refractivity contribution in [1.29, 1.82) is 0 Å². The van der Waals surface area contributed by atoms with Gasteiger partial charge in [-0.1, -0.05) is 11.6 Å². The number of rotatable bonds is 5. The molecule has 0 bridgehead atoms. The summed E-state index contributed by atoms with van der Waals surface area (Å²) in [5, 5.41) is 0.540. The van der Waals surface area contributed by atoms with Crippen LogP contribution in [0.1, 0.15) is 15.9 Å². The molecular weight excluding hydrogens is 373 g/mol. The molecule has 0 spiro atoms. The normalized spacial score (nSPS) is 11.1. The van der Waals surface area contributed by atoms with E-state index in [2.05, 4.69) is 0 Å². The number of ether oxygens (including phenoxy) is 2. The number of carbonyl (C=O) groups is 1. The Labute approximate surface area is 149 Å². The summed E-state index contributed by atoms with van der Waals surface area (Å²) in [4.78, 5) is 12.0. The summed E-state index contributed by atoms with van der Waals surface area (Å²) >= 11 is 5.93. The number of halogens is 2. The van der Waals surface area contributed by atoms with Gasteiger partial charge >= 0.3 is 0 Å². The lowest BCUT2D eigenvalue weighted by molar-refractivity contribution is 0.0977. The molecule has 0 heterocycles. The monoisotopic (exact) mass is 387 g/mol. The van der Waals surface area contributed by atoms with Gasteiger partial charge < -0.3 is 9.47 Å². The van der Waals surface area contributed by atoms with Crippen LogP contribution >= 0.6 is 11.6 Å². The first-order chi connectivity index (χ1) is 11.6. The molecule has 2 rings (SSSR count). The van der Waals surface area contributed by atoms with Crippen LogP contribution in [0.3, 0.4) is 0 Å². The van der Waals surface area contributed by atoms with Crippen molar-refractivity contribution in [3.63, 3.8) is 0 Å². The molecule has 0 aliphatic rings. The standard InChI is InChI=1S/C16H15ClFNO5S/c1-9-8-10(4-6-12(9)17)24-13-7-5-11(15(23-2)14(13)18)16(20)19-25(3,21)22/h4-8H,1-3H3,(H,19,20). The van der Waals surface area contributed by atoms with Gasteiger partial charge in [0.2, 0.25) is 15.8 Å². The maximum Gasteiger partial charge on any atom is 0.268 e. The van der Waals surface area contributed by atoms with Crippen molar-refractivity contribution in [3.8, 4) is 17.2 Å². The Kier molecular flexibility index (Phi) is 5.54. The molecule has 0 fully saturated rings. The van der Waals surface area contributed by atoms with Crippen molar-refractivity contribution in [1.82, 2.24) is 4.72 Å². The first-order valence-electron chi connectivity index (χ1n) is 6.95. The van der Waals surface area contributed by atoms with E-state index in [-0.39, 0.29) is 11.3 Å². The Bertz CT molecular complexity index is 930. The summed E-state index contributed by atoms with van der Waals surface area (Å²) in [6.07, 6.45) is 0.814. The molecule has 1 amide bonds. The second-order valence-electron chi connectivity index (χ2n) is 5.17. The summed E-state index contributed by atoms with van der Waals surface area (Å²) in [6, 6.07) is 7.21. The molecule has 0 saturated heterocycles. The van der Waals surface area contributed by atoms with Crippen molar-refractivity contribution in [3.05, 3.63) is 52.3 Å². The number of carbonyl (C=O) groups excluding carboxylic acids is 1. The molecule has 0 aromatic heterocycles. The van der Waals surface area contributed by atoms with E-state index in [1.165, 1.54) is 12.1 Å². The van der Waals surface area contributed by atoms with Gasteiger partial charge in [-0.05, 0) is 42.8 Å². The quantitative estimate of drug-likeness (QED) is 0.851. The average molecular weight is 388 g/mol. The minimum atomic E-state index is -3.80.